The minimum absolute atomic E-state index is 1.17. The van der Waals surface area contributed by atoms with Gasteiger partial charge in [0.15, 0.2) is 0 Å². The van der Waals surface area contributed by atoms with Gasteiger partial charge in [0.25, 0.3) is 0 Å². The summed E-state index contributed by atoms with van der Waals surface area (Å²) < 4.78 is 7.50. The number of hydrogen-bond donors (Lipinski definition) is 0. The molecule has 3 nitrogen and oxygen atoms in total. The molecular formula is C50H29N3S. The molecule has 13 rings (SSSR count). The molecule has 0 spiro atoms. The fraction of sp³-hybridized carbons (Fsp3) is 0. The Morgan fingerprint density at radius 3 is 1.70 bits per heavy atom. The first kappa shape index (κ1) is 28.7. The van der Waals surface area contributed by atoms with Gasteiger partial charge in [0.05, 0.1) is 33.1 Å². The van der Waals surface area contributed by atoms with Crippen LogP contribution in [0.2, 0.25) is 0 Å². The van der Waals surface area contributed by atoms with E-state index in [9.17, 15) is 0 Å². The molecule has 0 aliphatic heterocycles. The Morgan fingerprint density at radius 2 is 0.963 bits per heavy atom. The first-order valence-electron chi connectivity index (χ1n) is 18.5. The van der Waals surface area contributed by atoms with E-state index in [1.807, 2.05) is 11.3 Å². The molecule has 0 amide bonds. The Morgan fingerprint density at radius 1 is 0.370 bits per heavy atom. The van der Waals surface area contributed by atoms with Crippen molar-refractivity contribution in [1.82, 2.24) is 13.5 Å². The van der Waals surface area contributed by atoms with Gasteiger partial charge >= 0.3 is 0 Å². The van der Waals surface area contributed by atoms with Crippen LogP contribution in [-0.2, 0) is 0 Å². The van der Waals surface area contributed by atoms with Crippen molar-refractivity contribution in [2.75, 3.05) is 0 Å². The van der Waals surface area contributed by atoms with Crippen molar-refractivity contribution in [2.45, 2.75) is 0 Å². The minimum Gasteiger partial charge on any atom is -0.309 e. The zero-order valence-corrected chi connectivity index (χ0v) is 29.8. The van der Waals surface area contributed by atoms with E-state index in [0.29, 0.717) is 0 Å². The summed E-state index contributed by atoms with van der Waals surface area (Å²) in [6, 6.07) is 64.9. The van der Waals surface area contributed by atoms with E-state index < -0.39 is 0 Å². The van der Waals surface area contributed by atoms with Gasteiger partial charge in [-0.1, -0.05) is 133 Å². The van der Waals surface area contributed by atoms with Crippen LogP contribution in [0.25, 0.3) is 114 Å². The molecule has 250 valence electrons. The number of benzene rings is 8. The van der Waals surface area contributed by atoms with E-state index in [0.717, 1.165) is 0 Å². The van der Waals surface area contributed by atoms with E-state index in [-0.39, 0.29) is 0 Å². The monoisotopic (exact) mass is 703 g/mol. The van der Waals surface area contributed by atoms with E-state index >= 15 is 0 Å². The van der Waals surface area contributed by atoms with Crippen LogP contribution in [0.4, 0.5) is 0 Å². The first-order valence-corrected chi connectivity index (χ1v) is 19.3. The lowest BCUT2D eigenvalue weighted by molar-refractivity contribution is 1.18. The molecule has 8 aromatic carbocycles. The van der Waals surface area contributed by atoms with Gasteiger partial charge < -0.3 is 9.13 Å². The highest BCUT2D eigenvalue weighted by molar-refractivity contribution is 7.21. The molecule has 5 heterocycles. The van der Waals surface area contributed by atoms with Gasteiger partial charge in [-0.2, -0.15) is 0 Å². The first-order chi connectivity index (χ1) is 26.8. The summed E-state index contributed by atoms with van der Waals surface area (Å²) in [6.07, 6.45) is 0. The molecule has 0 radical (unpaired) electrons. The van der Waals surface area contributed by atoms with Gasteiger partial charge in [0.2, 0.25) is 0 Å². The van der Waals surface area contributed by atoms with Gasteiger partial charge in [0, 0.05) is 48.8 Å². The average molecular weight is 704 g/mol. The highest BCUT2D eigenvalue weighted by atomic mass is 32.1. The number of rotatable bonds is 3. The number of aromatic nitrogens is 3. The summed E-state index contributed by atoms with van der Waals surface area (Å²) in [7, 11) is 0. The quantitative estimate of drug-likeness (QED) is 0.174. The molecule has 0 aliphatic carbocycles. The van der Waals surface area contributed by atoms with E-state index in [1.165, 1.54) is 114 Å². The van der Waals surface area contributed by atoms with Crippen LogP contribution in [0.1, 0.15) is 0 Å². The molecule has 0 bridgehead atoms. The molecule has 0 saturated carbocycles. The van der Waals surface area contributed by atoms with Crippen molar-refractivity contribution in [1.29, 1.82) is 0 Å². The van der Waals surface area contributed by atoms with Crippen molar-refractivity contribution in [3.05, 3.63) is 176 Å². The summed E-state index contributed by atoms with van der Waals surface area (Å²) in [5, 5.41) is 14.1. The van der Waals surface area contributed by atoms with Crippen molar-refractivity contribution < 1.29 is 0 Å². The molecule has 4 heteroatoms. The maximum Gasteiger partial charge on any atom is 0.110 e. The second kappa shape index (κ2) is 10.4. The second-order valence-electron chi connectivity index (χ2n) is 14.5. The normalized spacial score (nSPS) is 12.4. The van der Waals surface area contributed by atoms with Crippen LogP contribution in [-0.4, -0.2) is 13.5 Å². The molecule has 13 aromatic rings. The van der Waals surface area contributed by atoms with E-state index in [4.69, 9.17) is 0 Å². The summed E-state index contributed by atoms with van der Waals surface area (Å²) in [5.41, 5.74) is 11.1. The SMILES string of the molecule is c1ccc(-c2cc3cccc4c5cc(-n6c7ccccc7c7cc8c(cc76)c6ccccc6n8-c6ccccc6)sc5n5c6ccccc6c2c5c34)cc1. The molecule has 0 N–H and O–H groups in total. The van der Waals surface area contributed by atoms with Gasteiger partial charge in [-0.3, -0.25) is 4.40 Å². The highest BCUT2D eigenvalue weighted by Crippen LogP contribution is 2.48. The van der Waals surface area contributed by atoms with Crippen LogP contribution < -0.4 is 0 Å². The molecule has 5 aromatic heterocycles. The van der Waals surface area contributed by atoms with Crippen LogP contribution in [0.3, 0.4) is 0 Å². The van der Waals surface area contributed by atoms with E-state index in [2.05, 4.69) is 189 Å². The van der Waals surface area contributed by atoms with Crippen LogP contribution >= 0.6 is 11.3 Å². The third-order valence-corrected chi connectivity index (χ3v) is 12.9. The second-order valence-corrected chi connectivity index (χ2v) is 15.5. The maximum absolute atomic E-state index is 2.56. The fourth-order valence-corrected chi connectivity index (χ4v) is 10.8. The van der Waals surface area contributed by atoms with Gasteiger partial charge in [-0.05, 0) is 76.5 Å². The molecular weight excluding hydrogens is 675 g/mol. The van der Waals surface area contributed by atoms with Crippen molar-refractivity contribution >= 4 is 103 Å². The largest absolute Gasteiger partial charge is 0.309 e. The Balaban J connectivity index is 1.18. The molecule has 0 saturated heterocycles. The van der Waals surface area contributed by atoms with Crippen molar-refractivity contribution in [2.24, 2.45) is 0 Å². The summed E-state index contributed by atoms with van der Waals surface area (Å²) >= 11 is 1.90. The lowest BCUT2D eigenvalue weighted by Gasteiger charge is -2.13. The summed E-state index contributed by atoms with van der Waals surface area (Å²) in [5.74, 6) is 0. The highest BCUT2D eigenvalue weighted by Gasteiger charge is 2.24. The number of hydrogen-bond acceptors (Lipinski definition) is 1. The predicted molar refractivity (Wildman–Crippen MR) is 231 cm³/mol. The van der Waals surface area contributed by atoms with Gasteiger partial charge in [-0.15, -0.1) is 0 Å². The smallest absolute Gasteiger partial charge is 0.110 e. The third kappa shape index (κ3) is 3.60. The molecule has 0 aliphatic rings. The lowest BCUT2D eigenvalue weighted by Crippen LogP contribution is -1.93. The topological polar surface area (TPSA) is 14.3 Å². The maximum atomic E-state index is 2.56. The predicted octanol–water partition coefficient (Wildman–Crippen LogP) is 13.9. The fourth-order valence-electron chi connectivity index (χ4n) is 9.57. The zero-order chi connectivity index (χ0) is 35.1. The number of para-hydroxylation sites is 4. The van der Waals surface area contributed by atoms with Crippen LogP contribution in [0.15, 0.2) is 176 Å². The van der Waals surface area contributed by atoms with Crippen LogP contribution in [0, 0.1) is 0 Å². The van der Waals surface area contributed by atoms with E-state index in [1.54, 1.807) is 0 Å². The van der Waals surface area contributed by atoms with Gasteiger partial charge in [-0.25, -0.2) is 0 Å². The number of thiophene rings is 1. The number of nitrogens with zero attached hydrogens (tertiary/aromatic N) is 3. The van der Waals surface area contributed by atoms with Gasteiger partial charge in [0.1, 0.15) is 9.83 Å². The Hall–Kier alpha value is -6.88. The summed E-state index contributed by atoms with van der Waals surface area (Å²) in [6.45, 7) is 0. The summed E-state index contributed by atoms with van der Waals surface area (Å²) in [4.78, 5) is 1.27. The lowest BCUT2D eigenvalue weighted by atomic mass is 9.93. The Labute approximate surface area is 313 Å². The number of pyridine rings is 1. The Bertz CT molecular complexity index is 3650. The molecule has 54 heavy (non-hydrogen) atoms. The van der Waals surface area contributed by atoms with Crippen molar-refractivity contribution in [3.8, 4) is 21.8 Å². The molecule has 0 unspecified atom stereocenters. The zero-order valence-electron chi connectivity index (χ0n) is 29.0. The standard InChI is InChI=1S/C50H29N3S/c1-3-14-30(15-4-1)37-26-31-16-13-22-35-40-29-46(54-50(40)53-43-25-12-9-21-36(43)48(37)49(53)47(31)35)52-42-24-11-8-20-34(42)39-27-44-38(28-45(39)52)33-19-7-10-23-41(33)51(44)32-17-5-2-6-18-32/h1-29H. The van der Waals surface area contributed by atoms with Crippen molar-refractivity contribution in [3.63, 3.8) is 0 Å². The average Bonchev–Trinajstić information content (AvgIpc) is 3.99. The molecule has 0 atom stereocenters. The Kier molecular flexibility index (Phi) is 5.51. The number of fused-ring (bicyclic) bond motifs is 12. The third-order valence-electron chi connectivity index (χ3n) is 11.8. The van der Waals surface area contributed by atoms with Crippen LogP contribution in [0.5, 0.6) is 0 Å². The minimum atomic E-state index is 1.17. The molecule has 0 fully saturated rings.